The van der Waals surface area contributed by atoms with Crippen LogP contribution in [0.5, 0.6) is 5.75 Å². The number of aryl methyl sites for hydroxylation is 1. The van der Waals surface area contributed by atoms with Crippen molar-refractivity contribution in [1.82, 2.24) is 0 Å². The molecule has 0 atom stereocenters. The molecule has 1 aromatic carbocycles. The molecule has 0 aliphatic heterocycles. The van der Waals surface area contributed by atoms with Gasteiger partial charge in [-0.2, -0.15) is 0 Å². The molecule has 1 aliphatic carbocycles. The molecule has 0 saturated heterocycles. The van der Waals surface area contributed by atoms with Crippen molar-refractivity contribution in [2.75, 3.05) is 11.9 Å². The monoisotopic (exact) mass is 305 g/mol. The lowest BCUT2D eigenvalue weighted by Crippen LogP contribution is -2.41. The third kappa shape index (κ3) is 3.59. The zero-order chi connectivity index (χ0) is 16.2. The predicted molar refractivity (Wildman–Crippen MR) is 84.1 cm³/mol. The minimum Gasteiger partial charge on any atom is -0.494 e. The van der Waals surface area contributed by atoms with Crippen molar-refractivity contribution in [3.63, 3.8) is 0 Å². The number of hydrogen-bond acceptors (Lipinski definition) is 3. The molecule has 2 rings (SSSR count). The molecule has 1 saturated carbocycles. The van der Waals surface area contributed by atoms with Gasteiger partial charge in [0, 0.05) is 12.1 Å². The molecule has 0 aromatic heterocycles. The lowest BCUT2D eigenvalue weighted by atomic mass is 9.66. The van der Waals surface area contributed by atoms with Gasteiger partial charge in [0.15, 0.2) is 0 Å². The Morgan fingerprint density at radius 1 is 1.36 bits per heavy atom. The van der Waals surface area contributed by atoms with Crippen LogP contribution in [0.15, 0.2) is 18.2 Å². The SMILES string of the molecule is CCCOc1ccc(NC(=O)CC2(C(=O)O)CCC2)c(C)c1. The van der Waals surface area contributed by atoms with Crippen molar-refractivity contribution < 1.29 is 19.4 Å². The second-order valence-electron chi connectivity index (χ2n) is 5.99. The smallest absolute Gasteiger partial charge is 0.310 e. The molecule has 1 aliphatic rings. The van der Waals surface area contributed by atoms with E-state index in [0.717, 1.165) is 24.2 Å². The maximum atomic E-state index is 12.1. The number of nitrogens with one attached hydrogen (secondary N) is 1. The van der Waals surface area contributed by atoms with Crippen LogP contribution in [0.4, 0.5) is 5.69 Å². The number of benzene rings is 1. The summed E-state index contributed by atoms with van der Waals surface area (Å²) in [5.74, 6) is -0.334. The van der Waals surface area contributed by atoms with Crippen molar-refractivity contribution >= 4 is 17.6 Å². The van der Waals surface area contributed by atoms with Crippen LogP contribution in [-0.2, 0) is 9.59 Å². The van der Waals surface area contributed by atoms with Gasteiger partial charge in [0.2, 0.25) is 5.91 Å². The van der Waals surface area contributed by atoms with E-state index in [1.807, 2.05) is 26.0 Å². The first-order chi connectivity index (χ1) is 10.5. The maximum Gasteiger partial charge on any atom is 0.310 e. The molecule has 2 N–H and O–H groups in total. The molecule has 0 radical (unpaired) electrons. The number of amides is 1. The minimum atomic E-state index is -0.867. The zero-order valence-corrected chi connectivity index (χ0v) is 13.1. The van der Waals surface area contributed by atoms with Gasteiger partial charge in [0.1, 0.15) is 5.75 Å². The van der Waals surface area contributed by atoms with Gasteiger partial charge in [-0.25, -0.2) is 0 Å². The Bertz CT molecular complexity index is 564. The van der Waals surface area contributed by atoms with E-state index in [1.165, 1.54) is 0 Å². The van der Waals surface area contributed by atoms with Crippen LogP contribution < -0.4 is 10.1 Å². The molecule has 22 heavy (non-hydrogen) atoms. The number of hydrogen-bond donors (Lipinski definition) is 2. The summed E-state index contributed by atoms with van der Waals surface area (Å²) in [6.45, 7) is 4.59. The molecule has 5 nitrogen and oxygen atoms in total. The standard InChI is InChI=1S/C17H23NO4/c1-3-9-22-13-5-6-14(12(2)10-13)18-15(19)11-17(16(20)21)7-4-8-17/h5-6,10H,3-4,7-9,11H2,1-2H3,(H,18,19)(H,20,21). The van der Waals surface area contributed by atoms with Gasteiger partial charge >= 0.3 is 5.97 Å². The molecule has 0 bridgehead atoms. The second kappa shape index (κ2) is 6.81. The van der Waals surface area contributed by atoms with Crippen molar-refractivity contribution in [3.8, 4) is 5.75 Å². The van der Waals surface area contributed by atoms with E-state index in [-0.39, 0.29) is 12.3 Å². The van der Waals surface area contributed by atoms with Gasteiger partial charge in [0.25, 0.3) is 0 Å². The highest BCUT2D eigenvalue weighted by atomic mass is 16.5. The summed E-state index contributed by atoms with van der Waals surface area (Å²) in [7, 11) is 0. The first-order valence-corrected chi connectivity index (χ1v) is 7.73. The summed E-state index contributed by atoms with van der Waals surface area (Å²) in [6.07, 6.45) is 3.02. The molecule has 1 amide bonds. The summed E-state index contributed by atoms with van der Waals surface area (Å²) in [5.41, 5.74) is 0.746. The Kier molecular flexibility index (Phi) is 5.06. The summed E-state index contributed by atoms with van der Waals surface area (Å²) < 4.78 is 5.54. The molecule has 0 heterocycles. The average molecular weight is 305 g/mol. The van der Waals surface area contributed by atoms with Gasteiger partial charge in [-0.3, -0.25) is 9.59 Å². The quantitative estimate of drug-likeness (QED) is 0.810. The number of carbonyl (C=O) groups excluding carboxylic acids is 1. The first kappa shape index (κ1) is 16.3. The van der Waals surface area contributed by atoms with Crippen LogP contribution in [0, 0.1) is 12.3 Å². The topological polar surface area (TPSA) is 75.6 Å². The fourth-order valence-corrected chi connectivity index (χ4v) is 2.66. The Balaban J connectivity index is 1.98. The Morgan fingerprint density at radius 3 is 2.59 bits per heavy atom. The maximum absolute atomic E-state index is 12.1. The third-order valence-corrected chi connectivity index (χ3v) is 4.21. The fraction of sp³-hybridized carbons (Fsp3) is 0.529. The van der Waals surface area contributed by atoms with Crippen LogP contribution in [0.2, 0.25) is 0 Å². The molecule has 1 fully saturated rings. The van der Waals surface area contributed by atoms with Crippen LogP contribution in [0.1, 0.15) is 44.6 Å². The molecule has 120 valence electrons. The Labute approximate surface area is 130 Å². The van der Waals surface area contributed by atoms with E-state index in [9.17, 15) is 14.7 Å². The molecule has 5 heteroatoms. The van der Waals surface area contributed by atoms with Gasteiger partial charge < -0.3 is 15.2 Å². The molecule has 1 aromatic rings. The Hall–Kier alpha value is -2.04. The van der Waals surface area contributed by atoms with Crippen LogP contribution in [0.25, 0.3) is 0 Å². The number of carboxylic acids is 1. The largest absolute Gasteiger partial charge is 0.494 e. The fourth-order valence-electron chi connectivity index (χ4n) is 2.66. The zero-order valence-electron chi connectivity index (χ0n) is 13.1. The van der Waals surface area contributed by atoms with Gasteiger partial charge in [-0.05, 0) is 49.9 Å². The van der Waals surface area contributed by atoms with Crippen molar-refractivity contribution in [2.45, 2.75) is 46.0 Å². The van der Waals surface area contributed by atoms with Crippen LogP contribution in [0.3, 0.4) is 0 Å². The summed E-state index contributed by atoms with van der Waals surface area (Å²) in [5, 5.41) is 12.1. The number of carboxylic acid groups (broad SMARTS) is 1. The van der Waals surface area contributed by atoms with E-state index in [4.69, 9.17) is 4.74 Å². The highest BCUT2D eigenvalue weighted by Crippen LogP contribution is 2.44. The lowest BCUT2D eigenvalue weighted by molar-refractivity contribution is -0.157. The molecule has 0 spiro atoms. The van der Waals surface area contributed by atoms with Gasteiger partial charge in [0.05, 0.1) is 12.0 Å². The highest BCUT2D eigenvalue weighted by molar-refractivity contribution is 5.95. The van der Waals surface area contributed by atoms with Crippen molar-refractivity contribution in [3.05, 3.63) is 23.8 Å². The van der Waals surface area contributed by atoms with E-state index in [0.29, 0.717) is 25.1 Å². The van der Waals surface area contributed by atoms with Crippen LogP contribution >= 0.6 is 0 Å². The van der Waals surface area contributed by atoms with E-state index in [1.54, 1.807) is 6.07 Å². The summed E-state index contributed by atoms with van der Waals surface area (Å²) in [4.78, 5) is 23.4. The number of rotatable bonds is 7. The summed E-state index contributed by atoms with van der Waals surface area (Å²) in [6, 6.07) is 5.49. The first-order valence-electron chi connectivity index (χ1n) is 7.73. The highest BCUT2D eigenvalue weighted by Gasteiger charge is 2.45. The number of anilines is 1. The molecule has 0 unspecified atom stereocenters. The predicted octanol–water partition coefficient (Wildman–Crippen LogP) is 3.37. The second-order valence-corrected chi connectivity index (χ2v) is 5.99. The number of aliphatic carboxylic acids is 1. The molecular weight excluding hydrogens is 282 g/mol. The van der Waals surface area contributed by atoms with E-state index >= 15 is 0 Å². The average Bonchev–Trinajstić information content (AvgIpc) is 2.43. The summed E-state index contributed by atoms with van der Waals surface area (Å²) >= 11 is 0. The normalized spacial score (nSPS) is 15.7. The minimum absolute atomic E-state index is 0.0376. The Morgan fingerprint density at radius 2 is 2.09 bits per heavy atom. The number of ether oxygens (including phenoxy) is 1. The number of carbonyl (C=O) groups is 2. The van der Waals surface area contributed by atoms with Crippen molar-refractivity contribution in [1.29, 1.82) is 0 Å². The lowest BCUT2D eigenvalue weighted by Gasteiger charge is -2.36. The van der Waals surface area contributed by atoms with E-state index < -0.39 is 11.4 Å². The van der Waals surface area contributed by atoms with Gasteiger partial charge in [-0.15, -0.1) is 0 Å². The molecular formula is C17H23NO4. The van der Waals surface area contributed by atoms with E-state index in [2.05, 4.69) is 5.32 Å². The van der Waals surface area contributed by atoms with Gasteiger partial charge in [-0.1, -0.05) is 13.3 Å². The van der Waals surface area contributed by atoms with Crippen LogP contribution in [-0.4, -0.2) is 23.6 Å². The van der Waals surface area contributed by atoms with Crippen molar-refractivity contribution in [2.24, 2.45) is 5.41 Å². The third-order valence-electron chi connectivity index (χ3n) is 4.21.